The Morgan fingerprint density at radius 3 is 2.50 bits per heavy atom. The first-order chi connectivity index (χ1) is 22.1. The number of fused-ring (bicyclic) bond motifs is 1. The van der Waals surface area contributed by atoms with Gasteiger partial charge in [-0.15, -0.1) is 11.3 Å². The molecular weight excluding hydrogens is 617 g/mol. The summed E-state index contributed by atoms with van der Waals surface area (Å²) in [4.78, 5) is 36.2. The molecule has 4 heterocycles. The Bertz CT molecular complexity index is 2170. The number of thiazole rings is 1. The van der Waals surface area contributed by atoms with Crippen LogP contribution in [0.1, 0.15) is 52.9 Å². The molecule has 0 bridgehead atoms. The van der Waals surface area contributed by atoms with Gasteiger partial charge in [0.1, 0.15) is 17.4 Å². The molecule has 0 saturated carbocycles. The number of nitrogens with two attached hydrogens (primary N) is 1. The Balaban J connectivity index is 1.41. The van der Waals surface area contributed by atoms with E-state index in [1.165, 1.54) is 34.4 Å². The molecule has 9 nitrogen and oxygen atoms in total. The Hall–Kier alpha value is -5.30. The van der Waals surface area contributed by atoms with Gasteiger partial charge in [-0.25, -0.2) is 23.1 Å². The lowest BCUT2D eigenvalue weighted by atomic mass is 9.99. The first-order valence-electron chi connectivity index (χ1n) is 14.4. The summed E-state index contributed by atoms with van der Waals surface area (Å²) in [5, 5.41) is 6.31. The number of piperidine rings is 1. The van der Waals surface area contributed by atoms with Crippen LogP contribution in [0, 0.1) is 31.3 Å². The second-order valence-corrected chi connectivity index (χ2v) is 11.9. The van der Waals surface area contributed by atoms with E-state index in [1.807, 2.05) is 36.6 Å². The Morgan fingerprint density at radius 1 is 0.978 bits per heavy atom. The number of aryl methyl sites for hydroxylation is 2. The SMILES string of the molecule is Cc1noc(C)c1-c1ccc2c(c1)nc([C@@H]1CCCC(=O)N1c1ccc(F)c(F)c1)n2-c1nc(-c2ccc(C(N)=O)c(F)c2)cs1. The van der Waals surface area contributed by atoms with Crippen molar-refractivity contribution < 1.29 is 27.3 Å². The van der Waals surface area contributed by atoms with E-state index in [0.29, 0.717) is 51.8 Å². The molecule has 1 saturated heterocycles. The summed E-state index contributed by atoms with van der Waals surface area (Å²) in [6, 6.07) is 12.5. The van der Waals surface area contributed by atoms with Crippen LogP contribution in [0.3, 0.4) is 0 Å². The van der Waals surface area contributed by atoms with Crippen molar-refractivity contribution in [2.45, 2.75) is 39.2 Å². The topological polar surface area (TPSA) is 120 Å². The molecule has 0 aliphatic carbocycles. The van der Waals surface area contributed by atoms with Gasteiger partial charge in [0.05, 0.1) is 34.0 Å². The van der Waals surface area contributed by atoms with Crippen LogP contribution in [-0.2, 0) is 4.79 Å². The molecule has 1 atom stereocenters. The molecule has 1 fully saturated rings. The standard InChI is InChI=1S/C33H25F3N6O3S/c1-16-30(17(2)45-40-16)19-7-11-27-25(13-19)38-32(28-4-3-5-29(43)41(28)20-8-10-22(34)24(36)14-20)42(27)33-39-26(15-46-33)18-6-9-21(31(37)44)23(35)12-18/h6-15,28H,3-5H2,1-2H3,(H2,37,44)/t28-/m0/s1. The number of anilines is 1. The number of halogens is 3. The second kappa shape index (κ2) is 11.2. The zero-order chi connectivity index (χ0) is 32.3. The molecule has 0 spiro atoms. The van der Waals surface area contributed by atoms with E-state index in [2.05, 4.69) is 5.16 Å². The molecule has 6 aromatic rings. The molecule has 7 rings (SSSR count). The van der Waals surface area contributed by atoms with Crippen LogP contribution in [0.25, 0.3) is 38.5 Å². The fourth-order valence-electron chi connectivity index (χ4n) is 6.02. The fourth-order valence-corrected chi connectivity index (χ4v) is 6.88. The second-order valence-electron chi connectivity index (χ2n) is 11.1. The first kappa shape index (κ1) is 29.4. The number of hydrogen-bond donors (Lipinski definition) is 1. The van der Waals surface area contributed by atoms with E-state index in [4.69, 9.17) is 20.2 Å². The van der Waals surface area contributed by atoms with Crippen LogP contribution < -0.4 is 10.6 Å². The monoisotopic (exact) mass is 642 g/mol. The lowest BCUT2D eigenvalue weighted by Crippen LogP contribution is -2.39. The highest BCUT2D eigenvalue weighted by Gasteiger charge is 2.35. The van der Waals surface area contributed by atoms with Crippen molar-refractivity contribution in [1.29, 1.82) is 0 Å². The van der Waals surface area contributed by atoms with Gasteiger partial charge in [0.15, 0.2) is 16.8 Å². The van der Waals surface area contributed by atoms with Crippen molar-refractivity contribution >= 4 is 39.9 Å². The van der Waals surface area contributed by atoms with Gasteiger partial charge >= 0.3 is 0 Å². The molecule has 3 aromatic carbocycles. The number of amides is 2. The summed E-state index contributed by atoms with van der Waals surface area (Å²) in [6.45, 7) is 3.68. The van der Waals surface area contributed by atoms with Gasteiger partial charge in [-0.2, -0.15) is 0 Å². The summed E-state index contributed by atoms with van der Waals surface area (Å²) in [5.41, 5.74) is 9.83. The number of benzene rings is 3. The number of aromatic nitrogens is 4. The van der Waals surface area contributed by atoms with Crippen molar-refractivity contribution in [2.75, 3.05) is 4.90 Å². The molecule has 46 heavy (non-hydrogen) atoms. The van der Waals surface area contributed by atoms with E-state index >= 15 is 0 Å². The molecule has 0 unspecified atom stereocenters. The summed E-state index contributed by atoms with van der Waals surface area (Å²) < 4.78 is 50.2. The van der Waals surface area contributed by atoms with Crippen LogP contribution in [0.4, 0.5) is 18.9 Å². The predicted molar refractivity (Wildman–Crippen MR) is 166 cm³/mol. The Kier molecular flexibility index (Phi) is 7.19. The maximum atomic E-state index is 14.6. The van der Waals surface area contributed by atoms with E-state index in [0.717, 1.165) is 29.0 Å². The number of carbonyl (C=O) groups is 2. The van der Waals surface area contributed by atoms with Gasteiger partial charge in [0.2, 0.25) is 5.91 Å². The van der Waals surface area contributed by atoms with Crippen molar-refractivity contribution in [2.24, 2.45) is 5.73 Å². The first-order valence-corrected chi connectivity index (χ1v) is 15.3. The van der Waals surface area contributed by atoms with E-state index < -0.39 is 29.4 Å². The lowest BCUT2D eigenvalue weighted by Gasteiger charge is -2.35. The third kappa shape index (κ3) is 4.92. The van der Waals surface area contributed by atoms with E-state index in [1.54, 1.807) is 11.4 Å². The molecule has 2 amide bonds. The molecule has 1 aliphatic heterocycles. The van der Waals surface area contributed by atoms with Gasteiger partial charge in [-0.05, 0) is 68.7 Å². The van der Waals surface area contributed by atoms with Crippen LogP contribution in [-0.4, -0.2) is 31.5 Å². The summed E-state index contributed by atoms with van der Waals surface area (Å²) >= 11 is 1.28. The van der Waals surface area contributed by atoms with Crippen molar-refractivity contribution in [3.05, 3.63) is 100 Å². The summed E-state index contributed by atoms with van der Waals surface area (Å²) in [5.74, 6) is -2.84. The number of hydrogen-bond acceptors (Lipinski definition) is 7. The number of nitrogens with zero attached hydrogens (tertiary/aromatic N) is 5. The van der Waals surface area contributed by atoms with Crippen molar-refractivity contribution in [3.63, 3.8) is 0 Å². The molecular formula is C33H25F3N6O3S. The summed E-state index contributed by atoms with van der Waals surface area (Å²) in [6.07, 6.45) is 1.30. The quantitative estimate of drug-likeness (QED) is 0.205. The van der Waals surface area contributed by atoms with Gasteiger partial charge in [-0.3, -0.25) is 14.2 Å². The molecule has 2 N–H and O–H groups in total. The van der Waals surface area contributed by atoms with Crippen LogP contribution in [0.2, 0.25) is 0 Å². The summed E-state index contributed by atoms with van der Waals surface area (Å²) in [7, 11) is 0. The third-order valence-corrected chi connectivity index (χ3v) is 8.97. The largest absolute Gasteiger partial charge is 0.366 e. The number of carbonyl (C=O) groups excluding carboxylic acids is 2. The molecule has 232 valence electrons. The van der Waals surface area contributed by atoms with Gasteiger partial charge in [0.25, 0.3) is 5.91 Å². The average molecular weight is 643 g/mol. The molecule has 13 heteroatoms. The number of imidazole rings is 1. The van der Waals surface area contributed by atoms with E-state index in [-0.39, 0.29) is 23.6 Å². The van der Waals surface area contributed by atoms with Crippen molar-refractivity contribution in [1.82, 2.24) is 19.7 Å². The number of primary amides is 1. The van der Waals surface area contributed by atoms with Crippen LogP contribution >= 0.6 is 11.3 Å². The zero-order valence-electron chi connectivity index (χ0n) is 24.6. The van der Waals surface area contributed by atoms with Gasteiger partial charge < -0.3 is 15.2 Å². The zero-order valence-corrected chi connectivity index (χ0v) is 25.4. The fraction of sp³-hybridized carbons (Fsp3) is 0.182. The van der Waals surface area contributed by atoms with Gasteiger partial charge in [0, 0.05) is 34.7 Å². The minimum atomic E-state index is -1.06. The number of rotatable bonds is 6. The highest BCUT2D eigenvalue weighted by atomic mass is 32.1. The minimum Gasteiger partial charge on any atom is -0.366 e. The molecule has 1 aliphatic rings. The smallest absolute Gasteiger partial charge is 0.251 e. The van der Waals surface area contributed by atoms with Crippen LogP contribution in [0.5, 0.6) is 0 Å². The maximum Gasteiger partial charge on any atom is 0.251 e. The van der Waals surface area contributed by atoms with Crippen LogP contribution in [0.15, 0.2) is 64.5 Å². The Morgan fingerprint density at radius 2 is 1.78 bits per heavy atom. The highest BCUT2D eigenvalue weighted by molar-refractivity contribution is 7.12. The average Bonchev–Trinajstić information content (AvgIpc) is 3.74. The molecule has 3 aromatic heterocycles. The predicted octanol–water partition coefficient (Wildman–Crippen LogP) is 7.20. The lowest BCUT2D eigenvalue weighted by molar-refractivity contribution is -0.120. The van der Waals surface area contributed by atoms with E-state index in [9.17, 15) is 22.8 Å². The maximum absolute atomic E-state index is 14.6. The minimum absolute atomic E-state index is 0.216. The Labute approximate surface area is 264 Å². The normalized spacial score (nSPS) is 15.2. The molecule has 0 radical (unpaired) electrons. The third-order valence-electron chi connectivity index (χ3n) is 8.14. The van der Waals surface area contributed by atoms with Crippen molar-refractivity contribution in [3.8, 4) is 27.5 Å². The van der Waals surface area contributed by atoms with Gasteiger partial charge in [-0.1, -0.05) is 17.3 Å². The highest BCUT2D eigenvalue weighted by Crippen LogP contribution is 2.40.